The Hall–Kier alpha value is -1.10. The first-order chi connectivity index (χ1) is 6.73. The molecule has 0 spiro atoms. The predicted octanol–water partition coefficient (Wildman–Crippen LogP) is 0.638. The molecule has 1 unspecified atom stereocenters. The molecule has 1 amide bonds. The van der Waals surface area contributed by atoms with Crippen molar-refractivity contribution in [1.82, 2.24) is 5.32 Å². The summed E-state index contributed by atoms with van der Waals surface area (Å²) in [5.41, 5.74) is -0.0253. The number of hydrogen-bond acceptors (Lipinski definition) is 3. The molecule has 0 aromatic heterocycles. The molecule has 0 aromatic rings. The molecule has 5 nitrogen and oxygen atoms in total. The van der Waals surface area contributed by atoms with Gasteiger partial charge in [-0.25, -0.2) is 4.79 Å². The summed E-state index contributed by atoms with van der Waals surface area (Å²) in [5, 5.41) is 11.0. The zero-order valence-corrected chi connectivity index (χ0v) is 9.66. The first kappa shape index (κ1) is 13.9. The number of carboxylic acid groups (broad SMARTS) is 1. The fraction of sp³-hybridized carbons (Fsp3) is 0.800. The molecule has 0 aliphatic rings. The molecule has 0 aliphatic heterocycles. The fourth-order valence-electron chi connectivity index (χ4n) is 0.731. The Morgan fingerprint density at radius 1 is 1.33 bits per heavy atom. The number of aliphatic carboxylic acids is 1. The van der Waals surface area contributed by atoms with Gasteiger partial charge in [0, 0.05) is 6.04 Å². The second-order valence-electron chi connectivity index (χ2n) is 4.54. The van der Waals surface area contributed by atoms with E-state index in [2.05, 4.69) is 10.1 Å². The smallest absolute Gasteiger partial charge is 0.329 e. The average molecular weight is 217 g/mol. The third-order valence-corrected chi connectivity index (χ3v) is 2.14. The SMILES string of the molecule is CC(NC(=O)COCC(=O)O)C(C)(C)C. The lowest BCUT2D eigenvalue weighted by molar-refractivity contribution is -0.143. The Kier molecular flexibility index (Phi) is 5.28. The minimum Gasteiger partial charge on any atom is -0.480 e. The van der Waals surface area contributed by atoms with Crippen molar-refractivity contribution < 1.29 is 19.4 Å². The predicted molar refractivity (Wildman–Crippen MR) is 55.5 cm³/mol. The highest BCUT2D eigenvalue weighted by atomic mass is 16.5. The summed E-state index contributed by atoms with van der Waals surface area (Å²) in [4.78, 5) is 21.4. The van der Waals surface area contributed by atoms with Gasteiger partial charge in [0.2, 0.25) is 5.91 Å². The number of carboxylic acids is 1. The Morgan fingerprint density at radius 2 is 1.87 bits per heavy atom. The van der Waals surface area contributed by atoms with Gasteiger partial charge in [-0.15, -0.1) is 0 Å². The molecule has 2 N–H and O–H groups in total. The number of ether oxygens (including phenoxy) is 1. The molecule has 5 heteroatoms. The van der Waals surface area contributed by atoms with E-state index in [1.165, 1.54) is 0 Å². The molecule has 0 radical (unpaired) electrons. The summed E-state index contributed by atoms with van der Waals surface area (Å²) in [6.07, 6.45) is 0. The van der Waals surface area contributed by atoms with Crippen LogP contribution in [0.25, 0.3) is 0 Å². The van der Waals surface area contributed by atoms with Crippen LogP contribution in [0, 0.1) is 5.41 Å². The molecule has 0 aromatic carbocycles. The van der Waals surface area contributed by atoms with Crippen molar-refractivity contribution >= 4 is 11.9 Å². The van der Waals surface area contributed by atoms with E-state index >= 15 is 0 Å². The molecule has 88 valence electrons. The van der Waals surface area contributed by atoms with E-state index in [-0.39, 0.29) is 24.0 Å². The van der Waals surface area contributed by atoms with E-state index in [9.17, 15) is 9.59 Å². The normalized spacial score (nSPS) is 13.3. The van der Waals surface area contributed by atoms with Crippen LogP contribution >= 0.6 is 0 Å². The van der Waals surface area contributed by atoms with Crippen molar-refractivity contribution in [3.8, 4) is 0 Å². The van der Waals surface area contributed by atoms with Gasteiger partial charge in [-0.3, -0.25) is 4.79 Å². The van der Waals surface area contributed by atoms with Crippen LogP contribution in [0.5, 0.6) is 0 Å². The topological polar surface area (TPSA) is 75.6 Å². The molecule has 0 fully saturated rings. The van der Waals surface area contributed by atoms with Gasteiger partial charge in [0.1, 0.15) is 13.2 Å². The summed E-state index contributed by atoms with van der Waals surface area (Å²) in [6, 6.07) is 0.0124. The van der Waals surface area contributed by atoms with Crippen LogP contribution in [0.1, 0.15) is 27.7 Å². The minimum absolute atomic E-state index is 0.0124. The third kappa shape index (κ3) is 6.90. The number of carbonyl (C=O) groups excluding carboxylic acids is 1. The third-order valence-electron chi connectivity index (χ3n) is 2.14. The zero-order valence-electron chi connectivity index (χ0n) is 9.66. The number of rotatable bonds is 5. The number of nitrogens with one attached hydrogen (secondary N) is 1. The van der Waals surface area contributed by atoms with E-state index in [0.29, 0.717) is 0 Å². The van der Waals surface area contributed by atoms with Crippen LogP contribution in [-0.2, 0) is 14.3 Å². The number of hydrogen-bond donors (Lipinski definition) is 2. The van der Waals surface area contributed by atoms with Crippen LogP contribution in [0.15, 0.2) is 0 Å². The molecule has 0 rings (SSSR count). The highest BCUT2D eigenvalue weighted by molar-refractivity contribution is 5.78. The Balaban J connectivity index is 3.79. The summed E-state index contributed by atoms with van der Waals surface area (Å²) in [5.74, 6) is -1.37. The van der Waals surface area contributed by atoms with Crippen molar-refractivity contribution in [2.45, 2.75) is 33.7 Å². The van der Waals surface area contributed by atoms with Crippen molar-refractivity contribution in [2.75, 3.05) is 13.2 Å². The van der Waals surface area contributed by atoms with E-state index in [1.54, 1.807) is 0 Å². The molecule has 0 saturated carbocycles. The summed E-state index contributed by atoms with van der Waals surface area (Å²) in [7, 11) is 0. The van der Waals surface area contributed by atoms with Crippen molar-refractivity contribution in [3.63, 3.8) is 0 Å². The molecule has 15 heavy (non-hydrogen) atoms. The Morgan fingerprint density at radius 3 is 2.27 bits per heavy atom. The number of carbonyl (C=O) groups is 2. The summed E-state index contributed by atoms with van der Waals surface area (Å²) < 4.78 is 4.66. The monoisotopic (exact) mass is 217 g/mol. The zero-order chi connectivity index (χ0) is 12.1. The maximum absolute atomic E-state index is 11.3. The van der Waals surface area contributed by atoms with Gasteiger partial charge in [0.05, 0.1) is 0 Å². The Labute approximate surface area is 89.8 Å². The second-order valence-corrected chi connectivity index (χ2v) is 4.54. The van der Waals surface area contributed by atoms with E-state index in [0.717, 1.165) is 0 Å². The van der Waals surface area contributed by atoms with Crippen molar-refractivity contribution in [1.29, 1.82) is 0 Å². The quantitative estimate of drug-likeness (QED) is 0.708. The van der Waals surface area contributed by atoms with Gasteiger partial charge in [-0.1, -0.05) is 20.8 Å². The van der Waals surface area contributed by atoms with Gasteiger partial charge in [0.25, 0.3) is 0 Å². The maximum atomic E-state index is 11.3. The van der Waals surface area contributed by atoms with E-state index in [4.69, 9.17) is 5.11 Å². The highest BCUT2D eigenvalue weighted by Gasteiger charge is 2.21. The molecular formula is C10H19NO4. The lowest BCUT2D eigenvalue weighted by Gasteiger charge is -2.27. The first-order valence-corrected chi connectivity index (χ1v) is 4.82. The molecular weight excluding hydrogens is 198 g/mol. The van der Waals surface area contributed by atoms with Crippen LogP contribution < -0.4 is 5.32 Å². The van der Waals surface area contributed by atoms with Crippen molar-refractivity contribution in [3.05, 3.63) is 0 Å². The van der Waals surface area contributed by atoms with Gasteiger partial charge in [-0.05, 0) is 12.3 Å². The van der Waals surface area contributed by atoms with Crippen LogP contribution in [-0.4, -0.2) is 36.2 Å². The van der Waals surface area contributed by atoms with Gasteiger partial charge in [-0.2, -0.15) is 0 Å². The standard InChI is InChI=1S/C10H19NO4/c1-7(10(2,3)4)11-8(12)5-15-6-9(13)14/h7H,5-6H2,1-4H3,(H,11,12)(H,13,14). The largest absolute Gasteiger partial charge is 0.480 e. The van der Waals surface area contributed by atoms with E-state index < -0.39 is 12.6 Å². The molecule has 0 saturated heterocycles. The van der Waals surface area contributed by atoms with Gasteiger partial charge in [0.15, 0.2) is 0 Å². The molecule has 0 bridgehead atoms. The summed E-state index contributed by atoms with van der Waals surface area (Å²) >= 11 is 0. The fourth-order valence-corrected chi connectivity index (χ4v) is 0.731. The molecule has 0 aliphatic carbocycles. The van der Waals surface area contributed by atoms with Crippen LogP contribution in [0.3, 0.4) is 0 Å². The lowest BCUT2D eigenvalue weighted by Crippen LogP contribution is -2.43. The molecule has 0 heterocycles. The highest BCUT2D eigenvalue weighted by Crippen LogP contribution is 2.18. The molecule has 1 atom stereocenters. The second kappa shape index (κ2) is 5.70. The van der Waals surface area contributed by atoms with Gasteiger partial charge >= 0.3 is 5.97 Å². The Bertz CT molecular complexity index is 232. The van der Waals surface area contributed by atoms with Gasteiger partial charge < -0.3 is 15.2 Å². The first-order valence-electron chi connectivity index (χ1n) is 4.82. The van der Waals surface area contributed by atoms with Crippen LogP contribution in [0.2, 0.25) is 0 Å². The number of amides is 1. The van der Waals surface area contributed by atoms with E-state index in [1.807, 2.05) is 27.7 Å². The lowest BCUT2D eigenvalue weighted by atomic mass is 9.88. The maximum Gasteiger partial charge on any atom is 0.329 e. The van der Waals surface area contributed by atoms with Crippen LogP contribution in [0.4, 0.5) is 0 Å². The average Bonchev–Trinajstić information content (AvgIpc) is 2.01. The van der Waals surface area contributed by atoms with Crippen molar-refractivity contribution in [2.24, 2.45) is 5.41 Å². The minimum atomic E-state index is -1.08. The summed E-state index contributed by atoms with van der Waals surface area (Å²) in [6.45, 7) is 7.27.